The van der Waals surface area contributed by atoms with Crippen LogP contribution in [0.15, 0.2) is 18.2 Å². The van der Waals surface area contributed by atoms with Gasteiger partial charge in [-0.15, -0.1) is 0 Å². The number of nitrogens with zero attached hydrogens (tertiary/aromatic N) is 1. The molecule has 0 aliphatic heterocycles. The lowest BCUT2D eigenvalue weighted by molar-refractivity contribution is -0.385. The van der Waals surface area contributed by atoms with E-state index in [9.17, 15) is 25.4 Å². The summed E-state index contributed by atoms with van der Waals surface area (Å²) in [5.74, 6) is -0.559. The van der Waals surface area contributed by atoms with Crippen molar-refractivity contribution in [3.63, 3.8) is 0 Å². The number of rotatable bonds is 5. The molecular weight excluding hydrogens is 265 g/mol. The maximum atomic E-state index is 10.6. The van der Waals surface area contributed by atoms with Crippen LogP contribution in [0, 0.1) is 10.1 Å². The summed E-state index contributed by atoms with van der Waals surface area (Å²) in [5, 5.41) is 40.0. The van der Waals surface area contributed by atoms with Gasteiger partial charge < -0.3 is 19.9 Å². The normalized spacial score (nSPS) is 12.3. The number of hydrogen-bond donors (Lipinski definition) is 3. The molecule has 20 heavy (non-hydrogen) atoms. The van der Waals surface area contributed by atoms with Crippen molar-refractivity contribution in [2.45, 2.75) is 38.9 Å². The van der Waals surface area contributed by atoms with Crippen LogP contribution in [0.4, 0.5) is 5.69 Å². The van der Waals surface area contributed by atoms with Gasteiger partial charge in [0.15, 0.2) is 5.75 Å². The van der Waals surface area contributed by atoms with Crippen molar-refractivity contribution in [3.05, 3.63) is 28.3 Å². The quantitative estimate of drug-likeness (QED) is 0.413. The molecule has 0 unspecified atom stereocenters. The first-order valence-corrected chi connectivity index (χ1v) is 6.01. The zero-order chi connectivity index (χ0) is 15.7. The molecule has 1 aromatic carbocycles. The molecule has 8 heteroatoms. The molecule has 0 radical (unpaired) electrons. The smallest absolute Gasteiger partial charge is 0.491 e. The van der Waals surface area contributed by atoms with Crippen LogP contribution >= 0.6 is 0 Å². The average Bonchev–Trinajstić information content (AvgIpc) is 2.25. The minimum atomic E-state index is -1.43. The highest BCUT2D eigenvalue weighted by atomic mass is 16.6. The average molecular weight is 283 g/mol. The minimum Gasteiger partial charge on any atom is -0.502 e. The highest BCUT2D eigenvalue weighted by molar-refractivity contribution is 6.60. The molecule has 0 spiro atoms. The fourth-order valence-electron chi connectivity index (χ4n) is 1.34. The van der Waals surface area contributed by atoms with Crippen molar-refractivity contribution < 1.29 is 24.8 Å². The Hall–Kier alpha value is -1.64. The van der Waals surface area contributed by atoms with E-state index in [2.05, 4.69) is 0 Å². The van der Waals surface area contributed by atoms with Gasteiger partial charge in [0.25, 0.3) is 0 Å². The monoisotopic (exact) mass is 283 g/mol. The molecule has 0 heterocycles. The highest BCUT2D eigenvalue weighted by Gasteiger charge is 2.39. The molecule has 0 saturated heterocycles. The molecule has 0 atom stereocenters. The lowest BCUT2D eigenvalue weighted by Crippen LogP contribution is -2.53. The van der Waals surface area contributed by atoms with Gasteiger partial charge in [-0.05, 0) is 39.2 Å². The van der Waals surface area contributed by atoms with E-state index in [1.54, 1.807) is 13.8 Å². The molecule has 1 rings (SSSR count). The summed E-state index contributed by atoms with van der Waals surface area (Å²) in [5.41, 5.74) is -2.58. The first kappa shape index (κ1) is 16.4. The zero-order valence-electron chi connectivity index (χ0n) is 11.8. The van der Waals surface area contributed by atoms with Crippen molar-refractivity contribution in [3.8, 4) is 5.75 Å². The Morgan fingerprint density at radius 3 is 2.25 bits per heavy atom. The summed E-state index contributed by atoms with van der Waals surface area (Å²) >= 11 is 0. The van der Waals surface area contributed by atoms with Crippen LogP contribution in [0.3, 0.4) is 0 Å². The Kier molecular flexibility index (Phi) is 4.43. The summed E-state index contributed by atoms with van der Waals surface area (Å²) in [4.78, 5) is 9.85. The third kappa shape index (κ3) is 3.47. The number of phenols is 1. The van der Waals surface area contributed by atoms with E-state index in [1.165, 1.54) is 19.9 Å². The predicted octanol–water partition coefficient (Wildman–Crippen LogP) is 0.554. The van der Waals surface area contributed by atoms with Gasteiger partial charge >= 0.3 is 12.8 Å². The molecule has 7 nitrogen and oxygen atoms in total. The van der Waals surface area contributed by atoms with Crippen LogP contribution < -0.4 is 5.46 Å². The number of nitro benzene ring substituents is 1. The van der Waals surface area contributed by atoms with Gasteiger partial charge in [-0.1, -0.05) is 6.07 Å². The van der Waals surface area contributed by atoms with Crippen LogP contribution in [0.2, 0.25) is 0 Å². The number of aromatic hydroxyl groups is 1. The SMILES string of the molecule is CC(C)(O)C(C)(C)OB(O)c1ccc([N+](=O)[O-])c(O)c1. The summed E-state index contributed by atoms with van der Waals surface area (Å²) in [6.45, 7) is 6.27. The van der Waals surface area contributed by atoms with E-state index in [0.717, 1.165) is 12.1 Å². The number of benzene rings is 1. The third-order valence-electron chi connectivity index (χ3n) is 3.36. The molecule has 0 aromatic heterocycles. The molecule has 110 valence electrons. The lowest BCUT2D eigenvalue weighted by atomic mass is 9.76. The molecule has 0 fully saturated rings. The summed E-state index contributed by atoms with van der Waals surface area (Å²) in [7, 11) is -1.43. The molecular formula is C12H18BNO6. The number of phenolic OH excluding ortho intramolecular Hbond substituents is 1. The van der Waals surface area contributed by atoms with Crippen molar-refractivity contribution in [1.29, 1.82) is 0 Å². The van der Waals surface area contributed by atoms with Crippen LogP contribution in [0.5, 0.6) is 5.75 Å². The largest absolute Gasteiger partial charge is 0.502 e. The van der Waals surface area contributed by atoms with Crippen molar-refractivity contribution >= 4 is 18.3 Å². The van der Waals surface area contributed by atoms with E-state index < -0.39 is 34.7 Å². The Balaban J connectivity index is 2.97. The Labute approximate surface area is 117 Å². The van der Waals surface area contributed by atoms with Gasteiger partial charge in [0.2, 0.25) is 0 Å². The topological polar surface area (TPSA) is 113 Å². The molecule has 1 aromatic rings. The van der Waals surface area contributed by atoms with E-state index in [4.69, 9.17) is 4.65 Å². The minimum absolute atomic E-state index is 0.158. The molecule has 3 N–H and O–H groups in total. The molecule has 0 aliphatic carbocycles. The van der Waals surface area contributed by atoms with E-state index in [1.807, 2.05) is 0 Å². The maximum Gasteiger partial charge on any atom is 0.491 e. The molecule has 0 bridgehead atoms. The first-order valence-electron chi connectivity index (χ1n) is 6.01. The Bertz CT molecular complexity index is 511. The van der Waals surface area contributed by atoms with Gasteiger partial charge in [-0.3, -0.25) is 10.1 Å². The van der Waals surface area contributed by atoms with Gasteiger partial charge in [0, 0.05) is 6.07 Å². The van der Waals surface area contributed by atoms with Crippen molar-refractivity contribution in [2.75, 3.05) is 0 Å². The van der Waals surface area contributed by atoms with Crippen LogP contribution in [-0.4, -0.2) is 38.5 Å². The van der Waals surface area contributed by atoms with Crippen molar-refractivity contribution in [1.82, 2.24) is 0 Å². The van der Waals surface area contributed by atoms with Crippen LogP contribution in [-0.2, 0) is 4.65 Å². The van der Waals surface area contributed by atoms with Crippen molar-refractivity contribution in [2.24, 2.45) is 0 Å². The number of aliphatic hydroxyl groups is 1. The van der Waals surface area contributed by atoms with Crippen LogP contribution in [0.1, 0.15) is 27.7 Å². The summed E-state index contributed by atoms with van der Waals surface area (Å²) < 4.78 is 5.37. The molecule has 0 amide bonds. The molecule has 0 aliphatic rings. The van der Waals surface area contributed by atoms with Gasteiger partial charge in [0.1, 0.15) is 0 Å². The van der Waals surface area contributed by atoms with E-state index in [-0.39, 0.29) is 5.46 Å². The Morgan fingerprint density at radius 2 is 1.85 bits per heavy atom. The third-order valence-corrected chi connectivity index (χ3v) is 3.36. The standard InChI is InChI=1S/C12H18BNO6/c1-11(2,16)12(3,4)20-13(17)8-5-6-9(14(18)19)10(15)7-8/h5-7,15-17H,1-4H3. The lowest BCUT2D eigenvalue weighted by Gasteiger charge is -2.38. The fraction of sp³-hybridized carbons (Fsp3) is 0.500. The summed E-state index contributed by atoms with van der Waals surface area (Å²) in [6, 6.07) is 3.42. The van der Waals surface area contributed by atoms with Gasteiger partial charge in [-0.2, -0.15) is 0 Å². The van der Waals surface area contributed by atoms with E-state index >= 15 is 0 Å². The van der Waals surface area contributed by atoms with Gasteiger partial charge in [0.05, 0.1) is 16.1 Å². The van der Waals surface area contributed by atoms with Crippen LogP contribution in [0.25, 0.3) is 0 Å². The zero-order valence-corrected chi connectivity index (χ0v) is 11.8. The molecule has 0 saturated carbocycles. The van der Waals surface area contributed by atoms with Gasteiger partial charge in [-0.25, -0.2) is 0 Å². The maximum absolute atomic E-state index is 10.6. The predicted molar refractivity (Wildman–Crippen MR) is 73.8 cm³/mol. The first-order chi connectivity index (χ1) is 8.95. The Morgan fingerprint density at radius 1 is 1.30 bits per heavy atom. The second-order valence-corrected chi connectivity index (χ2v) is 5.54. The second-order valence-electron chi connectivity index (χ2n) is 5.54. The summed E-state index contributed by atoms with van der Waals surface area (Å²) in [6.07, 6.45) is 0. The highest BCUT2D eigenvalue weighted by Crippen LogP contribution is 2.27. The van der Waals surface area contributed by atoms with E-state index in [0.29, 0.717) is 0 Å². The second kappa shape index (κ2) is 5.39. The number of nitro groups is 1. The fourth-order valence-corrected chi connectivity index (χ4v) is 1.34. The number of hydrogen-bond acceptors (Lipinski definition) is 6.